The van der Waals surface area contributed by atoms with Gasteiger partial charge in [-0.25, -0.2) is 4.79 Å². The standard InChI is InChI=1S/C11H11NO3/c1-3-15-11(14)9-5-10(13)8(6-12)4-7(9)2/h4-5,13H,3H2,1-2H3. The number of hydrogen-bond acceptors (Lipinski definition) is 4. The Morgan fingerprint density at radius 1 is 1.60 bits per heavy atom. The highest BCUT2D eigenvalue weighted by Gasteiger charge is 2.13. The lowest BCUT2D eigenvalue weighted by atomic mass is 10.0. The van der Waals surface area contributed by atoms with Crippen molar-refractivity contribution in [2.75, 3.05) is 6.61 Å². The lowest BCUT2D eigenvalue weighted by Gasteiger charge is -2.06. The maximum atomic E-state index is 11.4. The zero-order valence-electron chi connectivity index (χ0n) is 8.57. The van der Waals surface area contributed by atoms with Crippen LogP contribution in [-0.4, -0.2) is 17.7 Å². The molecule has 0 amide bonds. The number of hydrogen-bond donors (Lipinski definition) is 1. The van der Waals surface area contributed by atoms with Crippen molar-refractivity contribution >= 4 is 5.97 Å². The smallest absolute Gasteiger partial charge is 0.338 e. The molecule has 0 saturated carbocycles. The summed E-state index contributed by atoms with van der Waals surface area (Å²) in [7, 11) is 0. The maximum Gasteiger partial charge on any atom is 0.338 e. The van der Waals surface area contributed by atoms with Gasteiger partial charge in [0.1, 0.15) is 11.8 Å². The topological polar surface area (TPSA) is 70.3 Å². The fraction of sp³-hybridized carbons (Fsp3) is 0.273. The van der Waals surface area contributed by atoms with Crippen LogP contribution in [0.15, 0.2) is 12.1 Å². The fourth-order valence-electron chi connectivity index (χ4n) is 1.21. The van der Waals surface area contributed by atoms with Crippen molar-refractivity contribution in [3.63, 3.8) is 0 Å². The van der Waals surface area contributed by atoms with E-state index in [9.17, 15) is 9.90 Å². The second-order valence-electron chi connectivity index (χ2n) is 3.02. The Labute approximate surface area is 87.7 Å². The molecular weight excluding hydrogens is 194 g/mol. The van der Waals surface area contributed by atoms with Gasteiger partial charge in [0.2, 0.25) is 0 Å². The lowest BCUT2D eigenvalue weighted by Crippen LogP contribution is -2.06. The summed E-state index contributed by atoms with van der Waals surface area (Å²) in [6, 6.07) is 4.55. The molecule has 0 saturated heterocycles. The van der Waals surface area contributed by atoms with E-state index < -0.39 is 5.97 Å². The van der Waals surface area contributed by atoms with Crippen molar-refractivity contribution in [3.8, 4) is 11.8 Å². The molecule has 78 valence electrons. The molecule has 1 rings (SSSR count). The van der Waals surface area contributed by atoms with Gasteiger partial charge in [-0.2, -0.15) is 5.26 Å². The third-order valence-corrected chi connectivity index (χ3v) is 1.96. The summed E-state index contributed by atoms with van der Waals surface area (Å²) in [6.07, 6.45) is 0. The van der Waals surface area contributed by atoms with Crippen LogP contribution in [0.5, 0.6) is 5.75 Å². The van der Waals surface area contributed by atoms with Gasteiger partial charge >= 0.3 is 5.97 Å². The number of phenols is 1. The molecule has 4 nitrogen and oxygen atoms in total. The number of rotatable bonds is 2. The summed E-state index contributed by atoms with van der Waals surface area (Å²) in [5, 5.41) is 18.1. The zero-order chi connectivity index (χ0) is 11.4. The predicted octanol–water partition coefficient (Wildman–Crippen LogP) is 1.75. The molecule has 15 heavy (non-hydrogen) atoms. The van der Waals surface area contributed by atoms with Crippen molar-refractivity contribution < 1.29 is 14.6 Å². The summed E-state index contributed by atoms with van der Waals surface area (Å²) in [5.41, 5.74) is 1.05. The number of ether oxygens (including phenoxy) is 1. The number of benzene rings is 1. The van der Waals surface area contributed by atoms with E-state index in [0.29, 0.717) is 5.56 Å². The SMILES string of the molecule is CCOC(=O)c1cc(O)c(C#N)cc1C. The highest BCUT2D eigenvalue weighted by atomic mass is 16.5. The highest BCUT2D eigenvalue weighted by molar-refractivity contribution is 5.91. The largest absolute Gasteiger partial charge is 0.507 e. The molecule has 0 aromatic heterocycles. The van der Waals surface area contributed by atoms with Gasteiger partial charge in [-0.15, -0.1) is 0 Å². The van der Waals surface area contributed by atoms with Gasteiger partial charge in [-0.05, 0) is 31.5 Å². The Kier molecular flexibility index (Phi) is 3.29. The highest BCUT2D eigenvalue weighted by Crippen LogP contribution is 2.22. The molecule has 1 aromatic carbocycles. The molecule has 0 radical (unpaired) electrons. The molecule has 0 bridgehead atoms. The van der Waals surface area contributed by atoms with Crippen LogP contribution >= 0.6 is 0 Å². The molecule has 0 spiro atoms. The molecule has 0 atom stereocenters. The number of aromatic hydroxyl groups is 1. The summed E-state index contributed by atoms with van der Waals surface area (Å²) >= 11 is 0. The van der Waals surface area contributed by atoms with Gasteiger partial charge in [0, 0.05) is 0 Å². The van der Waals surface area contributed by atoms with Crippen molar-refractivity contribution in [1.82, 2.24) is 0 Å². The third-order valence-electron chi connectivity index (χ3n) is 1.96. The van der Waals surface area contributed by atoms with Crippen LogP contribution < -0.4 is 0 Å². The van der Waals surface area contributed by atoms with Crippen LogP contribution in [0.3, 0.4) is 0 Å². The first kappa shape index (κ1) is 11.1. The van der Waals surface area contributed by atoms with Crippen LogP contribution in [0.1, 0.15) is 28.4 Å². The molecule has 0 fully saturated rings. The van der Waals surface area contributed by atoms with Gasteiger partial charge in [0.25, 0.3) is 0 Å². The first-order valence-corrected chi connectivity index (χ1v) is 4.51. The van der Waals surface area contributed by atoms with E-state index in [1.54, 1.807) is 13.8 Å². The summed E-state index contributed by atoms with van der Waals surface area (Å²) in [5.74, 6) is -0.694. The number of phenolic OH excluding ortho intramolecular Hbond substituents is 1. The minimum atomic E-state index is -0.491. The lowest BCUT2D eigenvalue weighted by molar-refractivity contribution is 0.0525. The van der Waals surface area contributed by atoms with Crippen molar-refractivity contribution in [2.45, 2.75) is 13.8 Å². The van der Waals surface area contributed by atoms with Crippen LogP contribution in [0.2, 0.25) is 0 Å². The second kappa shape index (κ2) is 4.47. The van der Waals surface area contributed by atoms with E-state index in [2.05, 4.69) is 0 Å². The number of nitrogens with zero attached hydrogens (tertiary/aromatic N) is 1. The second-order valence-corrected chi connectivity index (χ2v) is 3.02. The van der Waals surface area contributed by atoms with E-state index in [1.807, 2.05) is 6.07 Å². The van der Waals surface area contributed by atoms with Crippen LogP contribution in [0, 0.1) is 18.3 Å². The Morgan fingerprint density at radius 2 is 2.27 bits per heavy atom. The van der Waals surface area contributed by atoms with Gasteiger partial charge < -0.3 is 9.84 Å². The van der Waals surface area contributed by atoms with E-state index in [0.717, 1.165) is 0 Å². The molecular formula is C11H11NO3. The summed E-state index contributed by atoms with van der Waals surface area (Å²) in [4.78, 5) is 11.4. The predicted molar refractivity (Wildman–Crippen MR) is 53.5 cm³/mol. The average Bonchev–Trinajstić information content (AvgIpc) is 2.21. The van der Waals surface area contributed by atoms with Crippen LogP contribution in [-0.2, 0) is 4.74 Å². The molecule has 0 aliphatic carbocycles. The number of nitriles is 1. The third kappa shape index (κ3) is 2.26. The normalized spacial score (nSPS) is 9.40. The van der Waals surface area contributed by atoms with Gasteiger partial charge in [-0.1, -0.05) is 0 Å². The minimum Gasteiger partial charge on any atom is -0.507 e. The van der Waals surface area contributed by atoms with Gasteiger partial charge in [0.05, 0.1) is 17.7 Å². The number of aryl methyl sites for hydroxylation is 1. The Balaban J connectivity index is 3.17. The summed E-state index contributed by atoms with van der Waals surface area (Å²) < 4.78 is 4.80. The summed E-state index contributed by atoms with van der Waals surface area (Å²) in [6.45, 7) is 3.67. The molecule has 0 unspecified atom stereocenters. The Hall–Kier alpha value is -2.02. The van der Waals surface area contributed by atoms with E-state index >= 15 is 0 Å². The first-order valence-electron chi connectivity index (χ1n) is 4.51. The average molecular weight is 205 g/mol. The number of carbonyl (C=O) groups is 1. The minimum absolute atomic E-state index is 0.153. The maximum absolute atomic E-state index is 11.4. The fourth-order valence-corrected chi connectivity index (χ4v) is 1.21. The van der Waals surface area contributed by atoms with Gasteiger partial charge in [-0.3, -0.25) is 0 Å². The van der Waals surface area contributed by atoms with E-state index in [1.165, 1.54) is 12.1 Å². The van der Waals surface area contributed by atoms with Gasteiger partial charge in [0.15, 0.2) is 0 Å². The Morgan fingerprint density at radius 3 is 2.80 bits per heavy atom. The van der Waals surface area contributed by atoms with Crippen molar-refractivity contribution in [2.24, 2.45) is 0 Å². The number of esters is 1. The molecule has 0 aliphatic heterocycles. The van der Waals surface area contributed by atoms with E-state index in [-0.39, 0.29) is 23.5 Å². The zero-order valence-corrected chi connectivity index (χ0v) is 8.57. The molecule has 1 N–H and O–H groups in total. The molecule has 0 heterocycles. The molecule has 0 aliphatic rings. The molecule has 1 aromatic rings. The van der Waals surface area contributed by atoms with Crippen LogP contribution in [0.25, 0.3) is 0 Å². The monoisotopic (exact) mass is 205 g/mol. The van der Waals surface area contributed by atoms with E-state index in [4.69, 9.17) is 10.00 Å². The van der Waals surface area contributed by atoms with Crippen molar-refractivity contribution in [1.29, 1.82) is 5.26 Å². The van der Waals surface area contributed by atoms with Crippen LogP contribution in [0.4, 0.5) is 0 Å². The van der Waals surface area contributed by atoms with Crippen molar-refractivity contribution in [3.05, 3.63) is 28.8 Å². The quantitative estimate of drug-likeness (QED) is 0.746. The molecule has 4 heteroatoms. The first-order chi connectivity index (χ1) is 7.10. The Bertz CT molecular complexity index is 432. The number of carbonyl (C=O) groups excluding carboxylic acids is 1.